The molecule has 59 heavy (non-hydrogen) atoms. The summed E-state index contributed by atoms with van der Waals surface area (Å²) in [6.45, 7) is 10.5. The van der Waals surface area contributed by atoms with Crippen LogP contribution in [0.15, 0.2) is 97.1 Å². The van der Waals surface area contributed by atoms with Crippen LogP contribution in [0.2, 0.25) is 0 Å². The van der Waals surface area contributed by atoms with E-state index in [4.69, 9.17) is 9.47 Å². The van der Waals surface area contributed by atoms with E-state index in [9.17, 15) is 0 Å². The summed E-state index contributed by atoms with van der Waals surface area (Å²) in [5.74, 6) is 16.3. The predicted octanol–water partition coefficient (Wildman–Crippen LogP) is 14.5. The Kier molecular flexibility index (Phi) is 14.3. The molecule has 0 aromatic heterocycles. The van der Waals surface area contributed by atoms with E-state index in [1.807, 2.05) is 0 Å². The first-order chi connectivity index (χ1) is 28.8. The molecule has 6 fully saturated rings. The van der Waals surface area contributed by atoms with E-state index in [0.717, 1.165) is 67.9 Å². The molecule has 0 aliphatic heterocycles. The Morgan fingerprint density at radius 1 is 0.424 bits per heavy atom. The van der Waals surface area contributed by atoms with Crippen LogP contribution in [0, 0.1) is 34.5 Å². The van der Waals surface area contributed by atoms with Gasteiger partial charge in [-0.1, -0.05) is 119 Å². The molecule has 310 valence electrons. The number of aryl methyl sites for hydroxylation is 2. The van der Waals surface area contributed by atoms with Crippen LogP contribution in [0.3, 0.4) is 0 Å². The molecule has 6 aliphatic rings. The predicted molar refractivity (Wildman–Crippen MR) is 247 cm³/mol. The Bertz CT molecular complexity index is 2000. The minimum atomic E-state index is 0.236. The number of benzene rings is 4. The van der Waals surface area contributed by atoms with Crippen LogP contribution in [0.5, 0.6) is 11.5 Å². The molecule has 10 rings (SSSR count). The maximum atomic E-state index is 5.77. The molecular weight excluding hydrogens is 717 g/mol. The van der Waals surface area contributed by atoms with Gasteiger partial charge in [0.1, 0.15) is 11.5 Å². The van der Waals surface area contributed by atoms with Crippen molar-refractivity contribution in [3.63, 3.8) is 0 Å². The molecule has 0 atom stereocenters. The summed E-state index contributed by atoms with van der Waals surface area (Å²) in [5.41, 5.74) is 9.57. The third kappa shape index (κ3) is 10.5. The topological polar surface area (TPSA) is 18.5 Å². The summed E-state index contributed by atoms with van der Waals surface area (Å²) in [6.07, 6.45) is 23.3. The largest absolute Gasteiger partial charge is 0.494 e. The Balaban J connectivity index is 0.000000179. The molecule has 2 nitrogen and oxygen atoms in total. The standard InChI is InChI=1S/C29H36O.C28H34O/c1-3-5-23-30-27-13-9-25(10-14-27)15-16-28-17-20-29(21-18-28,22-19-28)26-11-7-24(6-4-2)8-12-26;1-3-5-22-29-26-12-8-24(9-13-26)14-15-27-16-19-28(20-17-27,21-18-27)25-10-6-23(4-2)7-11-25/h7-14H,3-6,17-23H2,1-2H3;6-13H,3-5,16-22H2,1-2H3. The van der Waals surface area contributed by atoms with Gasteiger partial charge in [0.15, 0.2) is 0 Å². The van der Waals surface area contributed by atoms with Gasteiger partial charge in [-0.2, -0.15) is 0 Å². The second-order valence-electron chi connectivity index (χ2n) is 18.6. The second kappa shape index (κ2) is 19.8. The Morgan fingerprint density at radius 2 is 0.797 bits per heavy atom. The van der Waals surface area contributed by atoms with E-state index in [1.54, 1.807) is 11.1 Å². The van der Waals surface area contributed by atoms with Gasteiger partial charge in [-0.3, -0.25) is 0 Å². The third-order valence-electron chi connectivity index (χ3n) is 14.8. The molecule has 0 amide bonds. The Labute approximate surface area is 358 Å². The van der Waals surface area contributed by atoms with Gasteiger partial charge in [0.05, 0.1) is 13.2 Å². The van der Waals surface area contributed by atoms with Crippen LogP contribution in [0.25, 0.3) is 0 Å². The number of fused-ring (bicyclic) bond motifs is 6. The van der Waals surface area contributed by atoms with Gasteiger partial charge in [-0.25, -0.2) is 0 Å². The fraction of sp³-hybridized carbons (Fsp3) is 0.509. The minimum absolute atomic E-state index is 0.236. The van der Waals surface area contributed by atoms with Gasteiger partial charge in [0.2, 0.25) is 0 Å². The highest BCUT2D eigenvalue weighted by Crippen LogP contribution is 2.58. The van der Waals surface area contributed by atoms with Gasteiger partial charge in [-0.05, 0) is 184 Å². The van der Waals surface area contributed by atoms with Crippen LogP contribution in [-0.4, -0.2) is 13.2 Å². The van der Waals surface area contributed by atoms with Crippen molar-refractivity contribution in [2.75, 3.05) is 13.2 Å². The highest BCUT2D eigenvalue weighted by atomic mass is 16.5. The summed E-state index contributed by atoms with van der Waals surface area (Å²) in [5, 5.41) is 0. The van der Waals surface area contributed by atoms with Crippen molar-refractivity contribution >= 4 is 0 Å². The van der Waals surface area contributed by atoms with Crippen LogP contribution < -0.4 is 9.47 Å². The fourth-order valence-corrected chi connectivity index (χ4v) is 10.4. The van der Waals surface area contributed by atoms with Crippen LogP contribution >= 0.6 is 0 Å². The van der Waals surface area contributed by atoms with Crippen molar-refractivity contribution in [3.05, 3.63) is 130 Å². The second-order valence-corrected chi connectivity index (χ2v) is 18.6. The van der Waals surface area contributed by atoms with Gasteiger partial charge >= 0.3 is 0 Å². The molecule has 2 heteroatoms. The quantitative estimate of drug-likeness (QED) is 0.0993. The van der Waals surface area contributed by atoms with Gasteiger partial charge in [-0.15, -0.1) is 0 Å². The average molecular weight is 787 g/mol. The van der Waals surface area contributed by atoms with E-state index < -0.39 is 0 Å². The zero-order chi connectivity index (χ0) is 41.0. The van der Waals surface area contributed by atoms with Gasteiger partial charge in [0.25, 0.3) is 0 Å². The smallest absolute Gasteiger partial charge is 0.119 e. The van der Waals surface area contributed by atoms with Gasteiger partial charge in [0, 0.05) is 22.0 Å². The highest BCUT2D eigenvalue weighted by Gasteiger charge is 2.49. The minimum Gasteiger partial charge on any atom is -0.494 e. The lowest BCUT2D eigenvalue weighted by Crippen LogP contribution is -2.43. The maximum Gasteiger partial charge on any atom is 0.119 e. The molecule has 4 aromatic rings. The molecule has 6 aliphatic carbocycles. The van der Waals surface area contributed by atoms with E-state index in [-0.39, 0.29) is 10.8 Å². The van der Waals surface area contributed by atoms with Crippen molar-refractivity contribution in [2.24, 2.45) is 10.8 Å². The molecule has 4 aromatic carbocycles. The van der Waals surface area contributed by atoms with Crippen molar-refractivity contribution in [3.8, 4) is 35.2 Å². The SMILES string of the molecule is CCCCOc1ccc(C#CC23CCC(c4ccc(CC)cc4)(CC2)CC3)cc1.CCCCOc1ccc(C#CC23CCC(c4ccc(CCC)cc4)(CC2)CC3)cc1. The zero-order valence-corrected chi connectivity index (χ0v) is 36.9. The first kappa shape index (κ1) is 42.7. The Morgan fingerprint density at radius 3 is 1.14 bits per heavy atom. The molecular formula is C57H70O2. The summed E-state index contributed by atoms with van der Waals surface area (Å²) in [7, 11) is 0. The van der Waals surface area contributed by atoms with Crippen molar-refractivity contribution in [1.29, 1.82) is 0 Å². The van der Waals surface area contributed by atoms with Crippen LogP contribution in [-0.2, 0) is 23.7 Å². The summed E-state index contributed by atoms with van der Waals surface area (Å²) >= 11 is 0. The highest BCUT2D eigenvalue weighted by molar-refractivity contribution is 5.42. The zero-order valence-electron chi connectivity index (χ0n) is 36.9. The van der Waals surface area contributed by atoms with Crippen molar-refractivity contribution < 1.29 is 9.47 Å². The normalized spacial score (nSPS) is 25.1. The van der Waals surface area contributed by atoms with Crippen molar-refractivity contribution in [2.45, 2.75) is 161 Å². The molecule has 4 bridgehead atoms. The molecule has 0 heterocycles. The van der Waals surface area contributed by atoms with E-state index in [0.29, 0.717) is 10.8 Å². The van der Waals surface area contributed by atoms with Gasteiger partial charge < -0.3 is 9.47 Å². The number of rotatable bonds is 13. The first-order valence-corrected chi connectivity index (χ1v) is 23.5. The lowest BCUT2D eigenvalue weighted by Gasteiger charge is -2.51. The average Bonchev–Trinajstić information content (AvgIpc) is 3.30. The summed E-state index contributed by atoms with van der Waals surface area (Å²) < 4.78 is 11.5. The lowest BCUT2D eigenvalue weighted by molar-refractivity contribution is 0.0865. The fourth-order valence-electron chi connectivity index (χ4n) is 10.4. The number of hydrogen-bond acceptors (Lipinski definition) is 2. The molecule has 0 spiro atoms. The molecule has 0 radical (unpaired) electrons. The third-order valence-corrected chi connectivity index (χ3v) is 14.8. The molecule has 0 N–H and O–H groups in total. The molecule has 6 saturated carbocycles. The van der Waals surface area contributed by atoms with E-state index in [2.05, 4.69) is 148 Å². The molecule has 0 saturated heterocycles. The summed E-state index contributed by atoms with van der Waals surface area (Å²) in [4.78, 5) is 0. The molecule has 0 unspecified atom stereocenters. The number of unbranched alkanes of at least 4 members (excludes halogenated alkanes) is 2. The van der Waals surface area contributed by atoms with E-state index in [1.165, 1.54) is 101 Å². The Hall–Kier alpha value is -4.40. The van der Waals surface area contributed by atoms with Crippen LogP contribution in [0.4, 0.5) is 0 Å². The number of hydrogen-bond donors (Lipinski definition) is 0. The van der Waals surface area contributed by atoms with Crippen LogP contribution in [0.1, 0.15) is 170 Å². The van der Waals surface area contributed by atoms with E-state index >= 15 is 0 Å². The summed E-state index contributed by atoms with van der Waals surface area (Å²) in [6, 6.07) is 35.7. The first-order valence-electron chi connectivity index (χ1n) is 23.5. The lowest BCUT2D eigenvalue weighted by atomic mass is 9.52. The maximum absolute atomic E-state index is 5.77. The van der Waals surface area contributed by atoms with Crippen molar-refractivity contribution in [1.82, 2.24) is 0 Å². The monoisotopic (exact) mass is 787 g/mol. The number of ether oxygens (including phenoxy) is 2.